The first kappa shape index (κ1) is 14.8. The van der Waals surface area contributed by atoms with Gasteiger partial charge in [0.1, 0.15) is 0 Å². The quantitative estimate of drug-likeness (QED) is 0.911. The van der Waals surface area contributed by atoms with Crippen LogP contribution in [0.3, 0.4) is 0 Å². The normalized spacial score (nSPS) is 17.4. The molecular weight excluding hydrogens is 278 g/mol. The molecule has 0 aromatic heterocycles. The third kappa shape index (κ3) is 3.18. The zero-order chi connectivity index (χ0) is 15.4. The van der Waals surface area contributed by atoms with Crippen LogP contribution < -0.4 is 5.32 Å². The molecule has 1 heterocycles. The van der Waals surface area contributed by atoms with Crippen molar-refractivity contribution in [3.05, 3.63) is 59.7 Å². The fourth-order valence-electron chi connectivity index (χ4n) is 2.66. The second kappa shape index (κ2) is 6.73. The number of ether oxygens (including phenoxy) is 1. The average molecular weight is 297 g/mol. The van der Waals surface area contributed by atoms with Gasteiger partial charge in [-0.15, -0.1) is 0 Å². The Hall–Kier alpha value is -2.17. The van der Waals surface area contributed by atoms with Crippen LogP contribution in [0.4, 0.5) is 0 Å². The van der Waals surface area contributed by atoms with Gasteiger partial charge in [0, 0.05) is 12.2 Å². The van der Waals surface area contributed by atoms with Crippen molar-refractivity contribution >= 4 is 5.91 Å². The van der Waals surface area contributed by atoms with Gasteiger partial charge < -0.3 is 15.2 Å². The summed E-state index contributed by atoms with van der Waals surface area (Å²) in [6.07, 6.45) is 0.869. The van der Waals surface area contributed by atoms with E-state index in [9.17, 15) is 9.90 Å². The van der Waals surface area contributed by atoms with Crippen molar-refractivity contribution in [2.75, 3.05) is 13.2 Å². The molecule has 0 radical (unpaired) electrons. The Morgan fingerprint density at radius 1 is 1.18 bits per heavy atom. The van der Waals surface area contributed by atoms with E-state index in [4.69, 9.17) is 4.74 Å². The van der Waals surface area contributed by atoms with Crippen molar-refractivity contribution in [3.8, 4) is 11.1 Å². The molecule has 3 rings (SSSR count). The molecule has 0 spiro atoms. The van der Waals surface area contributed by atoms with Crippen LogP contribution in [0.2, 0.25) is 0 Å². The van der Waals surface area contributed by atoms with Crippen LogP contribution in [0.5, 0.6) is 0 Å². The molecule has 2 aromatic carbocycles. The molecule has 1 atom stereocenters. The van der Waals surface area contributed by atoms with Gasteiger partial charge >= 0.3 is 0 Å². The number of aliphatic hydroxyl groups is 1. The molecule has 1 fully saturated rings. The molecule has 1 saturated heterocycles. The van der Waals surface area contributed by atoms with E-state index in [1.165, 1.54) is 0 Å². The molecule has 0 saturated carbocycles. The van der Waals surface area contributed by atoms with E-state index in [2.05, 4.69) is 5.32 Å². The molecule has 0 bridgehead atoms. The van der Waals surface area contributed by atoms with Crippen LogP contribution >= 0.6 is 0 Å². The van der Waals surface area contributed by atoms with E-state index in [0.717, 1.165) is 23.1 Å². The van der Waals surface area contributed by atoms with Crippen LogP contribution in [0, 0.1) is 0 Å². The summed E-state index contributed by atoms with van der Waals surface area (Å²) in [5.74, 6) is -0.0718. The Bertz CT molecular complexity index is 646. The number of hydrogen-bond donors (Lipinski definition) is 2. The highest BCUT2D eigenvalue weighted by molar-refractivity contribution is 5.95. The summed E-state index contributed by atoms with van der Waals surface area (Å²) in [4.78, 5) is 12.2. The summed E-state index contributed by atoms with van der Waals surface area (Å²) in [6.45, 7) is 1.30. The minimum atomic E-state index is -0.0718. The van der Waals surface area contributed by atoms with E-state index in [1.807, 2.05) is 48.5 Å². The van der Waals surface area contributed by atoms with Gasteiger partial charge in [0.05, 0.1) is 19.3 Å². The Kier molecular flexibility index (Phi) is 4.51. The Morgan fingerprint density at radius 3 is 2.64 bits per heavy atom. The van der Waals surface area contributed by atoms with Crippen LogP contribution in [-0.2, 0) is 11.3 Å². The summed E-state index contributed by atoms with van der Waals surface area (Å²) in [6, 6.07) is 15.3. The largest absolute Gasteiger partial charge is 0.392 e. The van der Waals surface area contributed by atoms with Crippen molar-refractivity contribution in [1.29, 1.82) is 0 Å². The molecule has 4 heteroatoms. The average Bonchev–Trinajstić information content (AvgIpc) is 3.08. The fourth-order valence-corrected chi connectivity index (χ4v) is 2.66. The molecule has 1 amide bonds. The second-order valence-electron chi connectivity index (χ2n) is 5.43. The lowest BCUT2D eigenvalue weighted by Gasteiger charge is -2.11. The first-order valence-electron chi connectivity index (χ1n) is 7.46. The molecule has 2 N–H and O–H groups in total. The predicted octanol–water partition coefficient (Wildman–Crippen LogP) is 2.36. The summed E-state index contributed by atoms with van der Waals surface area (Å²) in [5.41, 5.74) is 3.49. The SMILES string of the molecule is O=C(N[C@H]1CCOC1)c1ccc(-c2ccccc2CO)cc1. The van der Waals surface area contributed by atoms with Gasteiger partial charge in [-0.3, -0.25) is 4.79 Å². The van der Waals surface area contributed by atoms with Gasteiger partial charge in [0.2, 0.25) is 0 Å². The van der Waals surface area contributed by atoms with E-state index in [1.54, 1.807) is 0 Å². The van der Waals surface area contributed by atoms with Crippen molar-refractivity contribution < 1.29 is 14.6 Å². The molecule has 1 aliphatic heterocycles. The minimum absolute atomic E-state index is 0.0000902. The number of amides is 1. The van der Waals surface area contributed by atoms with E-state index < -0.39 is 0 Å². The first-order valence-corrected chi connectivity index (χ1v) is 7.46. The molecular formula is C18H19NO3. The summed E-state index contributed by atoms with van der Waals surface area (Å²) >= 11 is 0. The summed E-state index contributed by atoms with van der Waals surface area (Å²) < 4.78 is 5.26. The molecule has 2 aromatic rings. The highest BCUT2D eigenvalue weighted by atomic mass is 16.5. The standard InChI is InChI=1S/C18H19NO3/c20-11-15-3-1-2-4-17(15)13-5-7-14(8-6-13)18(21)19-16-9-10-22-12-16/h1-8,16,20H,9-12H2,(H,19,21)/t16-/m0/s1. The zero-order valence-corrected chi connectivity index (χ0v) is 12.3. The summed E-state index contributed by atoms with van der Waals surface area (Å²) in [7, 11) is 0. The van der Waals surface area contributed by atoms with Gasteiger partial charge in [-0.1, -0.05) is 36.4 Å². The lowest BCUT2D eigenvalue weighted by Crippen LogP contribution is -2.34. The Morgan fingerprint density at radius 2 is 1.95 bits per heavy atom. The van der Waals surface area contributed by atoms with Gasteiger partial charge in [-0.25, -0.2) is 0 Å². The molecule has 0 unspecified atom stereocenters. The van der Waals surface area contributed by atoms with E-state index in [-0.39, 0.29) is 18.6 Å². The predicted molar refractivity (Wildman–Crippen MR) is 84.5 cm³/mol. The number of carbonyl (C=O) groups is 1. The van der Waals surface area contributed by atoms with Gasteiger partial charge in [0.25, 0.3) is 5.91 Å². The lowest BCUT2D eigenvalue weighted by atomic mass is 9.99. The van der Waals surface area contributed by atoms with Crippen molar-refractivity contribution in [2.24, 2.45) is 0 Å². The number of rotatable bonds is 4. The van der Waals surface area contributed by atoms with Gasteiger partial charge in [-0.2, -0.15) is 0 Å². The summed E-state index contributed by atoms with van der Waals surface area (Å²) in [5, 5.41) is 12.4. The van der Waals surface area contributed by atoms with E-state index in [0.29, 0.717) is 18.8 Å². The highest BCUT2D eigenvalue weighted by Gasteiger charge is 2.18. The van der Waals surface area contributed by atoms with Crippen LogP contribution in [-0.4, -0.2) is 30.3 Å². The van der Waals surface area contributed by atoms with Crippen LogP contribution in [0.25, 0.3) is 11.1 Å². The smallest absolute Gasteiger partial charge is 0.251 e. The second-order valence-corrected chi connectivity index (χ2v) is 5.43. The highest BCUT2D eigenvalue weighted by Crippen LogP contribution is 2.24. The third-order valence-corrected chi connectivity index (χ3v) is 3.91. The maximum atomic E-state index is 12.2. The van der Waals surface area contributed by atoms with Crippen molar-refractivity contribution in [2.45, 2.75) is 19.1 Å². The zero-order valence-electron chi connectivity index (χ0n) is 12.3. The van der Waals surface area contributed by atoms with E-state index >= 15 is 0 Å². The maximum absolute atomic E-state index is 12.2. The number of aliphatic hydroxyl groups excluding tert-OH is 1. The third-order valence-electron chi connectivity index (χ3n) is 3.91. The number of nitrogens with one attached hydrogen (secondary N) is 1. The van der Waals surface area contributed by atoms with Crippen LogP contribution in [0.15, 0.2) is 48.5 Å². The molecule has 4 nitrogen and oxygen atoms in total. The Labute approximate surface area is 129 Å². The number of hydrogen-bond acceptors (Lipinski definition) is 3. The monoisotopic (exact) mass is 297 g/mol. The molecule has 1 aliphatic rings. The maximum Gasteiger partial charge on any atom is 0.251 e. The van der Waals surface area contributed by atoms with Crippen molar-refractivity contribution in [3.63, 3.8) is 0 Å². The first-order chi connectivity index (χ1) is 10.8. The van der Waals surface area contributed by atoms with Gasteiger partial charge in [0.15, 0.2) is 0 Å². The topological polar surface area (TPSA) is 58.6 Å². The molecule has 22 heavy (non-hydrogen) atoms. The molecule has 0 aliphatic carbocycles. The Balaban J connectivity index is 1.76. The molecule has 114 valence electrons. The number of benzene rings is 2. The fraction of sp³-hybridized carbons (Fsp3) is 0.278. The van der Waals surface area contributed by atoms with Crippen LogP contribution in [0.1, 0.15) is 22.3 Å². The lowest BCUT2D eigenvalue weighted by molar-refractivity contribution is 0.0930. The minimum Gasteiger partial charge on any atom is -0.392 e. The number of carbonyl (C=O) groups excluding carboxylic acids is 1. The van der Waals surface area contributed by atoms with Crippen molar-refractivity contribution in [1.82, 2.24) is 5.32 Å². The van der Waals surface area contributed by atoms with Gasteiger partial charge in [-0.05, 0) is 35.2 Å².